The summed E-state index contributed by atoms with van der Waals surface area (Å²) in [6.07, 6.45) is 7.31. The van der Waals surface area contributed by atoms with E-state index in [1.807, 2.05) is 20.8 Å². The molecule has 128 valence electrons. The fraction of sp³-hybridized carbons (Fsp3) is 0.941. The van der Waals surface area contributed by atoms with Gasteiger partial charge in [-0.05, 0) is 63.9 Å². The van der Waals surface area contributed by atoms with Gasteiger partial charge >= 0.3 is 6.09 Å². The second-order valence-electron chi connectivity index (χ2n) is 7.59. The highest BCUT2D eigenvalue weighted by atomic mass is 32.2. The Bertz CT molecular complexity index is 351. The molecule has 0 radical (unpaired) electrons. The Kier molecular flexibility index (Phi) is 6.87. The third-order valence-corrected chi connectivity index (χ3v) is 5.54. The number of hydrogen-bond donors (Lipinski definition) is 2. The topological polar surface area (TPSA) is 50.4 Å². The number of rotatable bonds is 4. The van der Waals surface area contributed by atoms with E-state index in [1.54, 1.807) is 0 Å². The van der Waals surface area contributed by atoms with E-state index in [0.717, 1.165) is 6.54 Å². The second-order valence-corrected chi connectivity index (χ2v) is 8.81. The number of hydrogen-bond acceptors (Lipinski definition) is 4. The van der Waals surface area contributed by atoms with E-state index < -0.39 is 5.60 Å². The van der Waals surface area contributed by atoms with Crippen LogP contribution in [-0.2, 0) is 4.74 Å². The van der Waals surface area contributed by atoms with Crippen molar-refractivity contribution in [3.05, 3.63) is 0 Å². The maximum Gasteiger partial charge on any atom is 0.407 e. The molecule has 2 fully saturated rings. The number of thioether (sulfide) groups is 1. The molecule has 1 aliphatic heterocycles. The molecule has 0 aromatic carbocycles. The number of carbonyl (C=O) groups excluding carboxylic acids is 1. The Morgan fingerprint density at radius 2 is 1.82 bits per heavy atom. The predicted octanol–water partition coefficient (Wildman–Crippen LogP) is 3.56. The molecule has 0 spiro atoms. The van der Waals surface area contributed by atoms with Crippen LogP contribution >= 0.6 is 11.8 Å². The summed E-state index contributed by atoms with van der Waals surface area (Å²) in [6.45, 7) is 6.43. The SMILES string of the molecule is CC(C)(C)OC(=O)NCC1CCCCC1NC1CCSCC1. The van der Waals surface area contributed by atoms with E-state index in [0.29, 0.717) is 18.0 Å². The molecule has 0 bridgehead atoms. The molecule has 22 heavy (non-hydrogen) atoms. The van der Waals surface area contributed by atoms with Crippen LogP contribution in [0.3, 0.4) is 0 Å². The van der Waals surface area contributed by atoms with Crippen molar-refractivity contribution in [1.82, 2.24) is 10.6 Å². The molecule has 0 aromatic heterocycles. The quantitative estimate of drug-likeness (QED) is 0.828. The maximum atomic E-state index is 11.8. The summed E-state index contributed by atoms with van der Waals surface area (Å²) in [4.78, 5) is 11.8. The Balaban J connectivity index is 1.77. The lowest BCUT2D eigenvalue weighted by Crippen LogP contribution is -2.49. The van der Waals surface area contributed by atoms with Crippen molar-refractivity contribution >= 4 is 17.9 Å². The molecule has 1 aliphatic carbocycles. The normalized spacial score (nSPS) is 27.4. The smallest absolute Gasteiger partial charge is 0.407 e. The van der Waals surface area contributed by atoms with Gasteiger partial charge in [0.15, 0.2) is 0 Å². The monoisotopic (exact) mass is 328 g/mol. The zero-order valence-electron chi connectivity index (χ0n) is 14.3. The highest BCUT2D eigenvalue weighted by Gasteiger charge is 2.28. The molecule has 2 unspecified atom stereocenters. The van der Waals surface area contributed by atoms with Gasteiger partial charge in [-0.2, -0.15) is 11.8 Å². The standard InChI is InChI=1S/C17H32N2O2S/c1-17(2,3)21-16(20)18-12-13-6-4-5-7-15(13)19-14-8-10-22-11-9-14/h13-15,19H,4-12H2,1-3H3,(H,18,20). The van der Waals surface area contributed by atoms with Gasteiger partial charge in [-0.25, -0.2) is 4.79 Å². The van der Waals surface area contributed by atoms with Crippen LogP contribution in [0.1, 0.15) is 59.3 Å². The highest BCUT2D eigenvalue weighted by Crippen LogP contribution is 2.26. The minimum Gasteiger partial charge on any atom is -0.444 e. The van der Waals surface area contributed by atoms with Crippen LogP contribution in [0.4, 0.5) is 4.79 Å². The lowest BCUT2D eigenvalue weighted by molar-refractivity contribution is 0.0509. The van der Waals surface area contributed by atoms with Crippen molar-refractivity contribution in [3.63, 3.8) is 0 Å². The molecule has 2 N–H and O–H groups in total. The van der Waals surface area contributed by atoms with Gasteiger partial charge in [-0.1, -0.05) is 12.8 Å². The van der Waals surface area contributed by atoms with Crippen molar-refractivity contribution in [1.29, 1.82) is 0 Å². The summed E-state index contributed by atoms with van der Waals surface area (Å²) in [5, 5.41) is 6.85. The zero-order chi connectivity index (χ0) is 16.0. The first kappa shape index (κ1) is 17.9. The summed E-state index contributed by atoms with van der Waals surface area (Å²) in [6, 6.07) is 1.23. The number of carbonyl (C=O) groups is 1. The molecule has 1 amide bonds. The maximum absolute atomic E-state index is 11.8. The first-order valence-electron chi connectivity index (χ1n) is 8.75. The summed E-state index contributed by atoms with van der Waals surface area (Å²) in [7, 11) is 0. The summed E-state index contributed by atoms with van der Waals surface area (Å²) < 4.78 is 5.34. The van der Waals surface area contributed by atoms with Crippen LogP contribution in [0.15, 0.2) is 0 Å². The fourth-order valence-corrected chi connectivity index (χ4v) is 4.47. The van der Waals surface area contributed by atoms with Crippen LogP contribution in [0, 0.1) is 5.92 Å². The lowest BCUT2D eigenvalue weighted by atomic mass is 9.83. The Morgan fingerprint density at radius 1 is 1.14 bits per heavy atom. The number of ether oxygens (including phenoxy) is 1. The molecule has 2 aliphatic rings. The Morgan fingerprint density at radius 3 is 2.50 bits per heavy atom. The molecule has 0 aromatic rings. The fourth-order valence-electron chi connectivity index (χ4n) is 3.37. The molecular formula is C17H32N2O2S. The lowest BCUT2D eigenvalue weighted by Gasteiger charge is -2.36. The van der Waals surface area contributed by atoms with E-state index in [-0.39, 0.29) is 6.09 Å². The first-order valence-corrected chi connectivity index (χ1v) is 9.90. The van der Waals surface area contributed by atoms with E-state index in [2.05, 4.69) is 22.4 Å². The van der Waals surface area contributed by atoms with Gasteiger partial charge in [-0.15, -0.1) is 0 Å². The van der Waals surface area contributed by atoms with Gasteiger partial charge < -0.3 is 15.4 Å². The third-order valence-electron chi connectivity index (χ3n) is 4.49. The van der Waals surface area contributed by atoms with Crippen LogP contribution in [0.2, 0.25) is 0 Å². The molecule has 2 atom stereocenters. The van der Waals surface area contributed by atoms with Gasteiger partial charge in [0.05, 0.1) is 0 Å². The minimum atomic E-state index is -0.423. The minimum absolute atomic E-state index is 0.286. The van der Waals surface area contributed by atoms with E-state index in [4.69, 9.17) is 4.74 Å². The third kappa shape index (κ3) is 6.37. The van der Waals surface area contributed by atoms with E-state index in [9.17, 15) is 4.79 Å². The average Bonchev–Trinajstić information content (AvgIpc) is 2.46. The number of amides is 1. The summed E-state index contributed by atoms with van der Waals surface area (Å²) >= 11 is 2.07. The molecule has 5 heteroatoms. The molecule has 1 saturated carbocycles. The van der Waals surface area contributed by atoms with Crippen LogP contribution in [-0.4, -0.2) is 41.8 Å². The largest absolute Gasteiger partial charge is 0.444 e. The number of alkyl carbamates (subject to hydrolysis) is 1. The van der Waals surface area contributed by atoms with Crippen molar-refractivity contribution in [2.75, 3.05) is 18.1 Å². The van der Waals surface area contributed by atoms with Gasteiger partial charge in [-0.3, -0.25) is 0 Å². The van der Waals surface area contributed by atoms with Crippen molar-refractivity contribution in [2.45, 2.75) is 77.0 Å². The molecular weight excluding hydrogens is 296 g/mol. The zero-order valence-corrected chi connectivity index (χ0v) is 15.1. The van der Waals surface area contributed by atoms with Crippen molar-refractivity contribution in [2.24, 2.45) is 5.92 Å². The van der Waals surface area contributed by atoms with Crippen LogP contribution in [0.25, 0.3) is 0 Å². The van der Waals surface area contributed by atoms with Crippen LogP contribution < -0.4 is 10.6 Å². The summed E-state index contributed by atoms with van der Waals surface area (Å²) in [5.74, 6) is 3.10. The predicted molar refractivity (Wildman–Crippen MR) is 93.5 cm³/mol. The first-order chi connectivity index (χ1) is 10.4. The van der Waals surface area contributed by atoms with Crippen molar-refractivity contribution < 1.29 is 9.53 Å². The molecule has 1 saturated heterocycles. The van der Waals surface area contributed by atoms with Gasteiger partial charge in [0.25, 0.3) is 0 Å². The average molecular weight is 329 g/mol. The molecule has 2 rings (SSSR count). The molecule has 4 nitrogen and oxygen atoms in total. The van der Waals surface area contributed by atoms with E-state index in [1.165, 1.54) is 50.0 Å². The Hall–Kier alpha value is -0.420. The van der Waals surface area contributed by atoms with Gasteiger partial charge in [0.2, 0.25) is 0 Å². The Labute approximate surface area is 139 Å². The molecule has 1 heterocycles. The second kappa shape index (κ2) is 8.44. The van der Waals surface area contributed by atoms with Gasteiger partial charge in [0.1, 0.15) is 5.60 Å². The number of nitrogens with one attached hydrogen (secondary N) is 2. The van der Waals surface area contributed by atoms with Gasteiger partial charge in [0, 0.05) is 18.6 Å². The van der Waals surface area contributed by atoms with E-state index >= 15 is 0 Å². The van der Waals surface area contributed by atoms with Crippen molar-refractivity contribution in [3.8, 4) is 0 Å². The van der Waals surface area contributed by atoms with Crippen LogP contribution in [0.5, 0.6) is 0 Å². The summed E-state index contributed by atoms with van der Waals surface area (Å²) in [5.41, 5.74) is -0.423. The highest BCUT2D eigenvalue weighted by molar-refractivity contribution is 7.99.